The van der Waals surface area contributed by atoms with Gasteiger partial charge in [-0.05, 0) is 24.3 Å². The van der Waals surface area contributed by atoms with Crippen molar-refractivity contribution in [2.24, 2.45) is 0 Å². The summed E-state index contributed by atoms with van der Waals surface area (Å²) >= 11 is 1.56. The maximum absolute atomic E-state index is 12.2. The SMILES string of the molecule is CN(CCc1ncon1)C(=O)c1ccc(SCCO)cc1. The second-order valence-electron chi connectivity index (χ2n) is 4.42. The molecular weight excluding hydrogens is 290 g/mol. The van der Waals surface area contributed by atoms with Gasteiger partial charge < -0.3 is 14.5 Å². The molecule has 0 spiro atoms. The first kappa shape index (κ1) is 15.5. The van der Waals surface area contributed by atoms with E-state index in [1.165, 1.54) is 6.39 Å². The van der Waals surface area contributed by atoms with Crippen LogP contribution in [0, 0.1) is 0 Å². The van der Waals surface area contributed by atoms with Crippen LogP contribution in [0.25, 0.3) is 0 Å². The molecule has 1 N–H and O–H groups in total. The van der Waals surface area contributed by atoms with Crippen molar-refractivity contribution >= 4 is 17.7 Å². The molecule has 0 saturated heterocycles. The second-order valence-corrected chi connectivity index (χ2v) is 5.59. The van der Waals surface area contributed by atoms with Crippen LogP contribution in [0.1, 0.15) is 16.2 Å². The van der Waals surface area contributed by atoms with Gasteiger partial charge in [0.05, 0.1) is 6.61 Å². The largest absolute Gasteiger partial charge is 0.396 e. The number of carbonyl (C=O) groups excluding carboxylic acids is 1. The molecule has 1 heterocycles. The van der Waals surface area contributed by atoms with Crippen LogP contribution in [0.5, 0.6) is 0 Å². The lowest BCUT2D eigenvalue weighted by molar-refractivity contribution is 0.0795. The second kappa shape index (κ2) is 7.80. The van der Waals surface area contributed by atoms with E-state index in [0.717, 1.165) is 4.90 Å². The lowest BCUT2D eigenvalue weighted by Gasteiger charge is -2.16. The van der Waals surface area contributed by atoms with Crippen molar-refractivity contribution in [3.8, 4) is 0 Å². The Labute approximate surface area is 127 Å². The van der Waals surface area contributed by atoms with Gasteiger partial charge in [-0.3, -0.25) is 4.79 Å². The van der Waals surface area contributed by atoms with Crippen LogP contribution >= 0.6 is 11.8 Å². The van der Waals surface area contributed by atoms with Crippen LogP contribution in [0.4, 0.5) is 0 Å². The highest BCUT2D eigenvalue weighted by atomic mass is 32.2. The summed E-state index contributed by atoms with van der Waals surface area (Å²) in [6, 6.07) is 7.38. The highest BCUT2D eigenvalue weighted by Gasteiger charge is 2.12. The van der Waals surface area contributed by atoms with Gasteiger partial charge in [0.2, 0.25) is 6.39 Å². The molecule has 0 unspecified atom stereocenters. The van der Waals surface area contributed by atoms with Gasteiger partial charge in [-0.15, -0.1) is 11.8 Å². The van der Waals surface area contributed by atoms with Gasteiger partial charge in [-0.25, -0.2) is 0 Å². The van der Waals surface area contributed by atoms with E-state index in [-0.39, 0.29) is 12.5 Å². The Kier molecular flexibility index (Phi) is 5.77. The number of likely N-dealkylation sites (N-methyl/N-ethyl adjacent to an activating group) is 1. The molecule has 0 aliphatic carbocycles. The van der Waals surface area contributed by atoms with Crippen molar-refractivity contribution in [3.05, 3.63) is 42.0 Å². The maximum Gasteiger partial charge on any atom is 0.253 e. The van der Waals surface area contributed by atoms with E-state index < -0.39 is 0 Å². The molecule has 0 bridgehead atoms. The number of thioether (sulfide) groups is 1. The lowest BCUT2D eigenvalue weighted by atomic mass is 10.2. The average molecular weight is 307 g/mol. The van der Waals surface area contributed by atoms with Crippen molar-refractivity contribution in [3.63, 3.8) is 0 Å². The van der Waals surface area contributed by atoms with E-state index in [1.807, 2.05) is 12.1 Å². The van der Waals surface area contributed by atoms with E-state index in [4.69, 9.17) is 5.11 Å². The first-order valence-corrected chi connectivity index (χ1v) is 7.53. The summed E-state index contributed by atoms with van der Waals surface area (Å²) in [4.78, 5) is 18.8. The number of hydrogen-bond donors (Lipinski definition) is 1. The minimum Gasteiger partial charge on any atom is -0.396 e. The molecule has 2 rings (SSSR count). The number of aliphatic hydroxyl groups is 1. The van der Waals surface area contributed by atoms with Crippen LogP contribution in [0.2, 0.25) is 0 Å². The van der Waals surface area contributed by atoms with Crippen molar-refractivity contribution < 1.29 is 14.4 Å². The molecule has 6 nitrogen and oxygen atoms in total. The zero-order valence-corrected chi connectivity index (χ0v) is 12.5. The Morgan fingerprint density at radius 1 is 1.38 bits per heavy atom. The summed E-state index contributed by atoms with van der Waals surface area (Å²) in [5.41, 5.74) is 0.638. The summed E-state index contributed by atoms with van der Waals surface area (Å²) in [6.07, 6.45) is 1.84. The highest BCUT2D eigenvalue weighted by molar-refractivity contribution is 7.99. The third-order valence-electron chi connectivity index (χ3n) is 2.89. The molecule has 7 heteroatoms. The molecule has 1 amide bonds. The minimum atomic E-state index is -0.0443. The van der Waals surface area contributed by atoms with Crippen LogP contribution in [-0.4, -0.2) is 52.0 Å². The number of nitrogens with zero attached hydrogens (tertiary/aromatic N) is 3. The molecule has 0 atom stereocenters. The Hall–Kier alpha value is -1.86. The summed E-state index contributed by atoms with van der Waals surface area (Å²) in [7, 11) is 1.75. The number of rotatable bonds is 7. The molecule has 112 valence electrons. The number of hydrogen-bond acceptors (Lipinski definition) is 6. The monoisotopic (exact) mass is 307 g/mol. The number of amides is 1. The van der Waals surface area contributed by atoms with Crippen LogP contribution < -0.4 is 0 Å². The molecule has 0 aliphatic rings. The fourth-order valence-electron chi connectivity index (χ4n) is 1.75. The summed E-state index contributed by atoms with van der Waals surface area (Å²) in [5.74, 6) is 1.19. The quantitative estimate of drug-likeness (QED) is 0.780. The third-order valence-corrected chi connectivity index (χ3v) is 3.88. The van der Waals surface area contributed by atoms with Crippen LogP contribution in [-0.2, 0) is 6.42 Å². The Balaban J connectivity index is 1.89. The fourth-order valence-corrected chi connectivity index (χ4v) is 2.40. The molecular formula is C14H17N3O3S. The Bertz CT molecular complexity index is 557. The number of aliphatic hydroxyl groups excluding tert-OH is 1. The topological polar surface area (TPSA) is 79.5 Å². The van der Waals surface area contributed by atoms with Gasteiger partial charge in [-0.1, -0.05) is 5.16 Å². The summed E-state index contributed by atoms with van der Waals surface area (Å²) < 4.78 is 4.65. The molecule has 0 saturated carbocycles. The zero-order valence-electron chi connectivity index (χ0n) is 11.7. The molecule has 0 fully saturated rings. The van der Waals surface area contributed by atoms with Gasteiger partial charge in [0.15, 0.2) is 5.82 Å². The number of aromatic nitrogens is 2. The van der Waals surface area contributed by atoms with Crippen LogP contribution in [0.15, 0.2) is 40.1 Å². The summed E-state index contributed by atoms with van der Waals surface area (Å²) in [6.45, 7) is 0.670. The fraction of sp³-hybridized carbons (Fsp3) is 0.357. The molecule has 2 aromatic rings. The van der Waals surface area contributed by atoms with E-state index in [9.17, 15) is 4.79 Å². The Morgan fingerprint density at radius 3 is 2.76 bits per heavy atom. The van der Waals surface area contributed by atoms with E-state index >= 15 is 0 Å². The van der Waals surface area contributed by atoms with E-state index in [2.05, 4.69) is 14.7 Å². The predicted molar refractivity (Wildman–Crippen MR) is 79.2 cm³/mol. The normalized spacial score (nSPS) is 10.6. The molecule has 1 aromatic heterocycles. The van der Waals surface area contributed by atoms with Gasteiger partial charge in [0.25, 0.3) is 5.91 Å². The third kappa shape index (κ3) is 4.57. The van der Waals surface area contributed by atoms with Crippen molar-refractivity contribution in [1.29, 1.82) is 0 Å². The van der Waals surface area contributed by atoms with Crippen molar-refractivity contribution in [2.45, 2.75) is 11.3 Å². The van der Waals surface area contributed by atoms with Crippen molar-refractivity contribution in [1.82, 2.24) is 15.0 Å². The van der Waals surface area contributed by atoms with Gasteiger partial charge in [0, 0.05) is 36.2 Å². The molecule has 21 heavy (non-hydrogen) atoms. The molecule has 0 aliphatic heterocycles. The molecule has 1 aromatic carbocycles. The van der Waals surface area contributed by atoms with E-state index in [0.29, 0.717) is 30.1 Å². The number of carbonyl (C=O) groups is 1. The zero-order chi connectivity index (χ0) is 15.1. The standard InChI is InChI=1S/C14H17N3O3S/c1-17(7-6-13-15-10-20-16-13)14(19)11-2-4-12(5-3-11)21-9-8-18/h2-5,10,18H,6-9H2,1H3. The lowest BCUT2D eigenvalue weighted by Crippen LogP contribution is -2.29. The highest BCUT2D eigenvalue weighted by Crippen LogP contribution is 2.18. The van der Waals surface area contributed by atoms with Crippen LogP contribution in [0.3, 0.4) is 0 Å². The number of benzene rings is 1. The minimum absolute atomic E-state index is 0.0443. The predicted octanol–water partition coefficient (Wildman–Crippen LogP) is 1.47. The smallest absolute Gasteiger partial charge is 0.253 e. The summed E-state index contributed by atoms with van der Waals surface area (Å²) in [5, 5.41) is 12.5. The van der Waals surface area contributed by atoms with Gasteiger partial charge in [-0.2, -0.15) is 4.98 Å². The first-order valence-electron chi connectivity index (χ1n) is 6.55. The maximum atomic E-state index is 12.2. The van der Waals surface area contributed by atoms with E-state index in [1.54, 1.807) is 35.8 Å². The van der Waals surface area contributed by atoms with Crippen molar-refractivity contribution in [2.75, 3.05) is 26.0 Å². The average Bonchev–Trinajstić information content (AvgIpc) is 3.04. The Morgan fingerprint density at radius 2 is 2.14 bits per heavy atom. The molecule has 0 radical (unpaired) electrons. The van der Waals surface area contributed by atoms with Gasteiger partial charge in [0.1, 0.15) is 0 Å². The first-order chi connectivity index (χ1) is 10.2. The van der Waals surface area contributed by atoms with Gasteiger partial charge >= 0.3 is 0 Å².